The molecular formula is C27H37N3O2PY+. The standard InChI is InChI=1S/C27H36N3O2P.Y/c1-9-23(27(32)30-26-20(6)15-22(28-8)16-21(26)7)33(10-2,11-3)17-24(31)29-25-18(4)13-12-14-19(25)5;/h12-16,23H,9-11,17H2,1-7H3,(H-,29,30,31,32);/p+1. The number of anilines is 2. The maximum absolute atomic E-state index is 13.5. The Morgan fingerprint density at radius 2 is 1.41 bits per heavy atom. The number of amides is 2. The minimum absolute atomic E-state index is 0. The van der Waals surface area contributed by atoms with Crippen LogP contribution >= 0.6 is 7.26 Å². The third-order valence-electron chi connectivity index (χ3n) is 6.71. The molecule has 2 rings (SSSR count). The topological polar surface area (TPSA) is 62.6 Å². The van der Waals surface area contributed by atoms with Crippen molar-refractivity contribution in [2.24, 2.45) is 0 Å². The van der Waals surface area contributed by atoms with Crippen molar-refractivity contribution in [1.29, 1.82) is 0 Å². The van der Waals surface area contributed by atoms with Crippen LogP contribution < -0.4 is 10.6 Å². The molecule has 0 bridgehead atoms. The Morgan fingerprint density at radius 1 is 0.912 bits per heavy atom. The zero-order valence-electron chi connectivity index (χ0n) is 21.6. The van der Waals surface area contributed by atoms with E-state index in [0.29, 0.717) is 18.3 Å². The van der Waals surface area contributed by atoms with E-state index in [-0.39, 0.29) is 50.2 Å². The van der Waals surface area contributed by atoms with Crippen LogP contribution in [-0.2, 0) is 42.3 Å². The second kappa shape index (κ2) is 13.5. The first kappa shape index (κ1) is 30.4. The number of carbonyl (C=O) groups is 2. The number of nitrogens with zero attached hydrogens (tertiary/aromatic N) is 1. The zero-order chi connectivity index (χ0) is 24.8. The van der Waals surface area contributed by atoms with Gasteiger partial charge in [-0.05, 0) is 70.2 Å². The van der Waals surface area contributed by atoms with Crippen molar-refractivity contribution in [3.63, 3.8) is 0 Å². The number of hydrogen-bond acceptors (Lipinski definition) is 2. The molecule has 1 atom stereocenters. The fraction of sp³-hybridized carbons (Fsp3) is 0.444. The van der Waals surface area contributed by atoms with Gasteiger partial charge < -0.3 is 10.6 Å². The Balaban J connectivity index is 0.00000578. The number of aryl methyl sites for hydroxylation is 4. The molecule has 0 aliphatic rings. The molecule has 2 amide bonds. The normalized spacial score (nSPS) is 11.7. The van der Waals surface area contributed by atoms with Crippen LogP contribution in [0.25, 0.3) is 4.85 Å². The molecule has 1 radical (unpaired) electrons. The minimum Gasteiger partial charge on any atom is -0.322 e. The van der Waals surface area contributed by atoms with Crippen LogP contribution in [-0.4, -0.2) is 36.0 Å². The summed E-state index contributed by atoms with van der Waals surface area (Å²) in [6.07, 6.45) is 2.76. The van der Waals surface area contributed by atoms with Crippen LogP contribution in [0.5, 0.6) is 0 Å². The van der Waals surface area contributed by atoms with E-state index in [9.17, 15) is 9.59 Å². The van der Waals surface area contributed by atoms with E-state index in [1.807, 2.05) is 52.8 Å². The number of carbonyl (C=O) groups excluding carboxylic acids is 2. The van der Waals surface area contributed by atoms with Crippen LogP contribution in [0.1, 0.15) is 49.4 Å². The van der Waals surface area contributed by atoms with Crippen molar-refractivity contribution in [2.45, 2.75) is 60.5 Å². The minimum atomic E-state index is -1.90. The third kappa shape index (κ3) is 6.97. The van der Waals surface area contributed by atoms with Gasteiger partial charge in [-0.25, -0.2) is 4.85 Å². The van der Waals surface area contributed by atoms with Gasteiger partial charge in [0, 0.05) is 51.3 Å². The van der Waals surface area contributed by atoms with E-state index in [4.69, 9.17) is 6.57 Å². The van der Waals surface area contributed by atoms with Gasteiger partial charge in [-0.1, -0.05) is 37.3 Å². The van der Waals surface area contributed by atoms with Crippen LogP contribution in [0.3, 0.4) is 0 Å². The second-order valence-electron chi connectivity index (χ2n) is 8.80. The Kier molecular flexibility index (Phi) is 12.1. The van der Waals surface area contributed by atoms with Gasteiger partial charge >= 0.3 is 0 Å². The second-order valence-corrected chi connectivity index (χ2v) is 13.4. The smallest absolute Gasteiger partial charge is 0.265 e. The Labute approximate surface area is 230 Å². The summed E-state index contributed by atoms with van der Waals surface area (Å²) >= 11 is 0. The number of rotatable bonds is 9. The molecule has 2 aromatic carbocycles. The molecule has 0 aliphatic heterocycles. The molecule has 0 aliphatic carbocycles. The average Bonchev–Trinajstić information content (AvgIpc) is 2.78. The molecule has 0 heterocycles. The van der Waals surface area contributed by atoms with Crippen LogP contribution in [0.4, 0.5) is 17.1 Å². The predicted molar refractivity (Wildman–Crippen MR) is 142 cm³/mol. The summed E-state index contributed by atoms with van der Waals surface area (Å²) in [5.74, 6) is -0.0272. The van der Waals surface area contributed by atoms with Crippen molar-refractivity contribution >= 4 is 36.1 Å². The maximum atomic E-state index is 13.5. The molecule has 0 saturated carbocycles. The first-order chi connectivity index (χ1) is 15.6. The Hall–Kier alpha value is -1.60. The molecule has 0 saturated heterocycles. The molecule has 1 unspecified atom stereocenters. The number of hydrogen-bond donors (Lipinski definition) is 2. The monoisotopic (exact) mass is 555 g/mol. The Morgan fingerprint density at radius 3 is 1.85 bits per heavy atom. The van der Waals surface area contributed by atoms with E-state index in [1.165, 1.54) is 0 Å². The molecule has 7 heteroatoms. The summed E-state index contributed by atoms with van der Waals surface area (Å²) in [6, 6.07) is 9.59. The molecular weight excluding hydrogens is 518 g/mol. The Bertz CT molecular complexity index is 1030. The molecule has 0 aromatic heterocycles. The third-order valence-corrected chi connectivity index (χ3v) is 12.1. The summed E-state index contributed by atoms with van der Waals surface area (Å²) in [5, 5.41) is 6.28. The van der Waals surface area contributed by atoms with E-state index in [1.54, 1.807) is 12.1 Å². The zero-order valence-corrected chi connectivity index (χ0v) is 25.3. The van der Waals surface area contributed by atoms with Gasteiger partial charge in [0.2, 0.25) is 0 Å². The first-order valence-corrected chi connectivity index (χ1v) is 14.0. The largest absolute Gasteiger partial charge is 0.322 e. The van der Waals surface area contributed by atoms with E-state index < -0.39 is 7.26 Å². The predicted octanol–water partition coefficient (Wildman–Crippen LogP) is 6.88. The van der Waals surface area contributed by atoms with Gasteiger partial charge in [0.1, 0.15) is 11.8 Å². The summed E-state index contributed by atoms with van der Waals surface area (Å²) in [4.78, 5) is 30.2. The van der Waals surface area contributed by atoms with E-state index in [0.717, 1.165) is 46.0 Å². The van der Waals surface area contributed by atoms with Crippen molar-refractivity contribution in [1.82, 2.24) is 0 Å². The van der Waals surface area contributed by atoms with Gasteiger partial charge in [0.05, 0.1) is 18.9 Å². The molecule has 0 fully saturated rings. The molecule has 179 valence electrons. The van der Waals surface area contributed by atoms with Crippen LogP contribution in [0.2, 0.25) is 0 Å². The quantitative estimate of drug-likeness (QED) is 0.262. The van der Waals surface area contributed by atoms with Crippen molar-refractivity contribution in [3.8, 4) is 0 Å². The van der Waals surface area contributed by atoms with Crippen LogP contribution in [0.15, 0.2) is 30.3 Å². The van der Waals surface area contributed by atoms with E-state index in [2.05, 4.69) is 29.3 Å². The van der Waals surface area contributed by atoms with Crippen LogP contribution in [0, 0.1) is 34.3 Å². The van der Waals surface area contributed by atoms with E-state index >= 15 is 0 Å². The van der Waals surface area contributed by atoms with Crippen molar-refractivity contribution < 1.29 is 42.3 Å². The summed E-state index contributed by atoms with van der Waals surface area (Å²) in [7, 11) is -1.90. The maximum Gasteiger partial charge on any atom is 0.265 e. The summed E-state index contributed by atoms with van der Waals surface area (Å²) in [5.41, 5.74) is 5.87. The van der Waals surface area contributed by atoms with Gasteiger partial charge in [-0.2, -0.15) is 0 Å². The average molecular weight is 555 g/mol. The molecule has 0 spiro atoms. The SMILES string of the molecule is [C-]#[N+]c1cc(C)c(NC(=O)C(CC)[P+](CC)(CC)CC(=O)Nc2c(C)cccc2C)c(C)c1.[Y]. The number of nitrogens with one attached hydrogen (secondary N) is 2. The number of para-hydroxylation sites is 1. The van der Waals surface area contributed by atoms with Gasteiger partial charge in [0.25, 0.3) is 11.8 Å². The first-order valence-electron chi connectivity index (χ1n) is 11.6. The molecule has 2 N–H and O–H groups in total. The van der Waals surface area contributed by atoms with Gasteiger partial charge in [-0.15, -0.1) is 0 Å². The molecule has 5 nitrogen and oxygen atoms in total. The van der Waals surface area contributed by atoms with Crippen molar-refractivity contribution in [2.75, 3.05) is 29.1 Å². The molecule has 2 aromatic rings. The van der Waals surface area contributed by atoms with Gasteiger partial charge in [0.15, 0.2) is 5.69 Å². The summed E-state index contributed by atoms with van der Waals surface area (Å²) < 4.78 is 0. The molecule has 34 heavy (non-hydrogen) atoms. The fourth-order valence-electron chi connectivity index (χ4n) is 4.71. The summed E-state index contributed by atoms with van der Waals surface area (Å²) in [6.45, 7) is 21.3. The number of benzene rings is 2. The van der Waals surface area contributed by atoms with Gasteiger partial charge in [-0.3, -0.25) is 9.59 Å². The van der Waals surface area contributed by atoms with Crippen molar-refractivity contribution in [3.05, 3.63) is 64.0 Å². The fourth-order valence-corrected chi connectivity index (χ4v) is 8.69.